The van der Waals surface area contributed by atoms with Crippen molar-refractivity contribution in [3.05, 3.63) is 57.3 Å². The van der Waals surface area contributed by atoms with Gasteiger partial charge in [0, 0.05) is 22.4 Å². The van der Waals surface area contributed by atoms with Gasteiger partial charge in [0.15, 0.2) is 0 Å². The summed E-state index contributed by atoms with van der Waals surface area (Å²) < 4.78 is 5.06. The maximum atomic E-state index is 12.0. The Morgan fingerprint density at radius 3 is 2.84 bits per heavy atom. The van der Waals surface area contributed by atoms with Crippen molar-refractivity contribution in [2.75, 3.05) is 7.11 Å². The van der Waals surface area contributed by atoms with Gasteiger partial charge in [-0.1, -0.05) is 12.1 Å². The number of hydrogen-bond acceptors (Lipinski definition) is 3. The van der Waals surface area contributed by atoms with Gasteiger partial charge in [0.1, 0.15) is 0 Å². The van der Waals surface area contributed by atoms with Crippen LogP contribution in [0.1, 0.15) is 25.7 Å². The van der Waals surface area contributed by atoms with Gasteiger partial charge in [-0.2, -0.15) is 0 Å². The highest BCUT2D eigenvalue weighted by Crippen LogP contribution is 2.14. The topological polar surface area (TPSA) is 38.3 Å². The monoisotopic (exact) mass is 275 g/mol. The van der Waals surface area contributed by atoms with Crippen molar-refractivity contribution < 1.29 is 9.53 Å². The molecule has 0 unspecified atom stereocenters. The largest absolute Gasteiger partial charge is 0.380 e. The first kappa shape index (κ1) is 13.8. The molecule has 0 bridgehead atoms. The van der Waals surface area contributed by atoms with Crippen LogP contribution in [0.4, 0.5) is 0 Å². The number of carbonyl (C=O) groups excluding carboxylic acids is 1. The van der Waals surface area contributed by atoms with Crippen molar-refractivity contribution in [3.8, 4) is 0 Å². The number of nitrogens with one attached hydrogen (secondary N) is 1. The number of rotatable bonds is 5. The predicted molar refractivity (Wildman–Crippen MR) is 77.4 cm³/mol. The molecule has 4 heteroatoms. The highest BCUT2D eigenvalue weighted by atomic mass is 32.1. The number of benzene rings is 1. The van der Waals surface area contributed by atoms with E-state index in [1.54, 1.807) is 18.4 Å². The summed E-state index contributed by atoms with van der Waals surface area (Å²) in [5.41, 5.74) is 1.67. The molecule has 100 valence electrons. The zero-order valence-electron chi connectivity index (χ0n) is 11.1. The van der Waals surface area contributed by atoms with Crippen LogP contribution in [-0.4, -0.2) is 13.0 Å². The predicted octanol–water partition coefficient (Wildman–Crippen LogP) is 3.13. The molecule has 1 amide bonds. The van der Waals surface area contributed by atoms with Crippen LogP contribution in [0.3, 0.4) is 0 Å². The molecular weight excluding hydrogens is 258 g/mol. The lowest BCUT2D eigenvalue weighted by molar-refractivity contribution is 0.0951. The second-order valence-electron chi connectivity index (χ2n) is 4.33. The van der Waals surface area contributed by atoms with Gasteiger partial charge in [0.05, 0.1) is 13.2 Å². The summed E-state index contributed by atoms with van der Waals surface area (Å²) in [6, 6.07) is 11.6. The van der Waals surface area contributed by atoms with Crippen LogP contribution in [0.25, 0.3) is 0 Å². The lowest BCUT2D eigenvalue weighted by Crippen LogP contribution is -2.22. The fraction of sp³-hybridized carbons (Fsp3) is 0.267. The molecule has 0 saturated heterocycles. The number of carbonyl (C=O) groups is 1. The summed E-state index contributed by atoms with van der Waals surface area (Å²) in [7, 11) is 1.64. The Balaban J connectivity index is 1.97. The molecule has 0 fully saturated rings. The van der Waals surface area contributed by atoms with E-state index in [4.69, 9.17) is 4.74 Å². The third-order valence-electron chi connectivity index (χ3n) is 2.72. The average Bonchev–Trinajstić information content (AvgIpc) is 2.82. The normalized spacial score (nSPS) is 10.4. The highest BCUT2D eigenvalue weighted by Gasteiger charge is 2.06. The standard InChI is InChI=1S/C15H17NO2S/c1-11-6-7-14(19-11)9-16-15(17)13-5-3-4-12(8-13)10-18-2/h3-8H,9-10H2,1-2H3,(H,16,17). The Morgan fingerprint density at radius 2 is 2.16 bits per heavy atom. The first-order chi connectivity index (χ1) is 9.19. The molecule has 1 heterocycles. The van der Waals surface area contributed by atoms with E-state index >= 15 is 0 Å². The molecule has 0 aliphatic heterocycles. The van der Waals surface area contributed by atoms with Crippen LogP contribution >= 0.6 is 11.3 Å². The number of hydrogen-bond donors (Lipinski definition) is 1. The summed E-state index contributed by atoms with van der Waals surface area (Å²) >= 11 is 1.70. The first-order valence-corrected chi connectivity index (χ1v) is 6.92. The number of methoxy groups -OCH3 is 1. The zero-order valence-corrected chi connectivity index (χ0v) is 11.9. The van der Waals surface area contributed by atoms with E-state index in [1.807, 2.05) is 30.3 Å². The fourth-order valence-electron chi connectivity index (χ4n) is 1.82. The fourth-order valence-corrected chi connectivity index (χ4v) is 2.65. The van der Waals surface area contributed by atoms with Crippen LogP contribution in [0.2, 0.25) is 0 Å². The van der Waals surface area contributed by atoms with E-state index in [2.05, 4.69) is 18.3 Å². The summed E-state index contributed by atoms with van der Waals surface area (Å²) in [5.74, 6) is -0.0518. The van der Waals surface area contributed by atoms with E-state index in [1.165, 1.54) is 9.75 Å². The second-order valence-corrected chi connectivity index (χ2v) is 5.70. The van der Waals surface area contributed by atoms with Gasteiger partial charge in [-0.25, -0.2) is 0 Å². The summed E-state index contributed by atoms with van der Waals surface area (Å²) in [6.07, 6.45) is 0. The molecule has 0 radical (unpaired) electrons. The van der Waals surface area contributed by atoms with Gasteiger partial charge in [-0.05, 0) is 36.8 Å². The molecular formula is C15H17NO2S. The van der Waals surface area contributed by atoms with Crippen molar-refractivity contribution in [2.24, 2.45) is 0 Å². The third-order valence-corrected chi connectivity index (χ3v) is 3.72. The first-order valence-electron chi connectivity index (χ1n) is 6.10. The average molecular weight is 275 g/mol. The molecule has 1 aromatic heterocycles. The molecule has 1 N–H and O–H groups in total. The van der Waals surface area contributed by atoms with Crippen molar-refractivity contribution >= 4 is 17.2 Å². The number of aryl methyl sites for hydroxylation is 1. The molecule has 19 heavy (non-hydrogen) atoms. The maximum Gasteiger partial charge on any atom is 0.251 e. The van der Waals surface area contributed by atoms with Gasteiger partial charge >= 0.3 is 0 Å². The minimum Gasteiger partial charge on any atom is -0.380 e. The van der Waals surface area contributed by atoms with Crippen LogP contribution in [0.5, 0.6) is 0 Å². The SMILES string of the molecule is COCc1cccc(C(=O)NCc2ccc(C)s2)c1. The van der Waals surface area contributed by atoms with Crippen LogP contribution < -0.4 is 5.32 Å². The van der Waals surface area contributed by atoms with Gasteiger partial charge in [0.25, 0.3) is 5.91 Å². The minimum atomic E-state index is -0.0518. The third kappa shape index (κ3) is 3.91. The summed E-state index contributed by atoms with van der Waals surface area (Å²) in [6.45, 7) is 3.15. The molecule has 3 nitrogen and oxygen atoms in total. The van der Waals surface area contributed by atoms with Crippen molar-refractivity contribution in [1.29, 1.82) is 0 Å². The Labute approximate surface area is 117 Å². The van der Waals surface area contributed by atoms with Crippen LogP contribution in [0, 0.1) is 6.92 Å². The van der Waals surface area contributed by atoms with Gasteiger partial charge in [-0.3, -0.25) is 4.79 Å². The van der Waals surface area contributed by atoms with E-state index in [9.17, 15) is 4.79 Å². The van der Waals surface area contributed by atoms with E-state index < -0.39 is 0 Å². The Kier molecular flexibility index (Phi) is 4.71. The maximum absolute atomic E-state index is 12.0. The molecule has 0 aliphatic carbocycles. The number of amides is 1. The van der Waals surface area contributed by atoms with E-state index in [0.29, 0.717) is 18.7 Å². The van der Waals surface area contributed by atoms with Gasteiger partial charge in [0.2, 0.25) is 0 Å². The van der Waals surface area contributed by atoms with Gasteiger partial charge < -0.3 is 10.1 Å². The molecule has 2 aromatic rings. The lowest BCUT2D eigenvalue weighted by Gasteiger charge is -2.06. The molecule has 2 rings (SSSR count). The Hall–Kier alpha value is -1.65. The minimum absolute atomic E-state index is 0.0518. The van der Waals surface area contributed by atoms with Crippen molar-refractivity contribution in [2.45, 2.75) is 20.1 Å². The quantitative estimate of drug-likeness (QED) is 0.910. The van der Waals surface area contributed by atoms with Crippen molar-refractivity contribution in [3.63, 3.8) is 0 Å². The number of ether oxygens (including phenoxy) is 1. The smallest absolute Gasteiger partial charge is 0.251 e. The van der Waals surface area contributed by atoms with Crippen molar-refractivity contribution in [1.82, 2.24) is 5.32 Å². The molecule has 0 aliphatic rings. The van der Waals surface area contributed by atoms with E-state index in [0.717, 1.165) is 5.56 Å². The number of thiophene rings is 1. The van der Waals surface area contributed by atoms with Crippen LogP contribution in [-0.2, 0) is 17.9 Å². The molecule has 0 saturated carbocycles. The summed E-state index contributed by atoms with van der Waals surface area (Å²) in [4.78, 5) is 14.5. The highest BCUT2D eigenvalue weighted by molar-refractivity contribution is 7.11. The Morgan fingerprint density at radius 1 is 1.32 bits per heavy atom. The van der Waals surface area contributed by atoms with Crippen LogP contribution in [0.15, 0.2) is 36.4 Å². The Bertz CT molecular complexity index is 563. The zero-order chi connectivity index (χ0) is 13.7. The summed E-state index contributed by atoms with van der Waals surface area (Å²) in [5, 5.41) is 2.93. The molecule has 1 aromatic carbocycles. The molecule has 0 atom stereocenters. The lowest BCUT2D eigenvalue weighted by atomic mass is 10.1. The van der Waals surface area contributed by atoms with Gasteiger partial charge in [-0.15, -0.1) is 11.3 Å². The second kappa shape index (κ2) is 6.50. The molecule has 0 spiro atoms. The van der Waals surface area contributed by atoms with E-state index in [-0.39, 0.29) is 5.91 Å².